The van der Waals surface area contributed by atoms with E-state index in [4.69, 9.17) is 10.4 Å². The van der Waals surface area contributed by atoms with Gasteiger partial charge < -0.3 is 10.4 Å². The molecule has 0 saturated carbocycles. The van der Waals surface area contributed by atoms with Crippen molar-refractivity contribution in [3.05, 3.63) is 35.9 Å². The van der Waals surface area contributed by atoms with Gasteiger partial charge in [0.15, 0.2) is 0 Å². The molecule has 0 bridgehead atoms. The summed E-state index contributed by atoms with van der Waals surface area (Å²) in [5.41, 5.74) is 1.53. The number of nitriles is 1. The molecule has 2 rings (SSSR count). The molecular formula is C16H19N3O. The summed E-state index contributed by atoms with van der Waals surface area (Å²) in [5, 5.41) is 22.1. The van der Waals surface area contributed by atoms with E-state index in [0.717, 1.165) is 36.1 Å². The molecular weight excluding hydrogens is 250 g/mol. The summed E-state index contributed by atoms with van der Waals surface area (Å²) in [6.45, 7) is 3.16. The molecule has 0 amide bonds. The average molecular weight is 269 g/mol. The second-order valence-electron chi connectivity index (χ2n) is 4.88. The number of benzene rings is 1. The van der Waals surface area contributed by atoms with Gasteiger partial charge in [0.05, 0.1) is 17.1 Å². The van der Waals surface area contributed by atoms with E-state index in [2.05, 4.69) is 23.3 Å². The lowest BCUT2D eigenvalue weighted by molar-refractivity contribution is 0.258. The number of anilines is 1. The third-order valence-corrected chi connectivity index (χ3v) is 3.50. The predicted molar refractivity (Wildman–Crippen MR) is 80.4 cm³/mol. The summed E-state index contributed by atoms with van der Waals surface area (Å²) in [7, 11) is 0. The summed E-state index contributed by atoms with van der Waals surface area (Å²) in [6.07, 6.45) is 1.84. The third kappa shape index (κ3) is 3.46. The van der Waals surface area contributed by atoms with Crippen molar-refractivity contribution < 1.29 is 5.11 Å². The SMILES string of the molecule is CC[C@@H](CCO)CNc1ccc2cc(C#N)ccc2n1. The van der Waals surface area contributed by atoms with Crippen molar-refractivity contribution in [3.8, 4) is 6.07 Å². The van der Waals surface area contributed by atoms with E-state index in [-0.39, 0.29) is 6.61 Å². The maximum absolute atomic E-state index is 8.99. The normalized spacial score (nSPS) is 12.1. The van der Waals surface area contributed by atoms with Crippen molar-refractivity contribution in [2.75, 3.05) is 18.5 Å². The Morgan fingerprint density at radius 3 is 2.90 bits per heavy atom. The van der Waals surface area contributed by atoms with Crippen LogP contribution >= 0.6 is 0 Å². The van der Waals surface area contributed by atoms with E-state index in [1.165, 1.54) is 0 Å². The number of aliphatic hydroxyl groups excluding tert-OH is 1. The molecule has 104 valence electrons. The van der Waals surface area contributed by atoms with E-state index >= 15 is 0 Å². The van der Waals surface area contributed by atoms with Gasteiger partial charge in [-0.15, -0.1) is 0 Å². The zero-order valence-electron chi connectivity index (χ0n) is 11.6. The van der Waals surface area contributed by atoms with E-state index in [1.54, 1.807) is 6.07 Å². The standard InChI is InChI=1S/C16H19N3O/c1-2-12(7-8-20)11-18-16-6-4-14-9-13(10-17)3-5-15(14)19-16/h3-6,9,12,20H,2,7-8,11H2,1H3,(H,18,19)/t12-/m0/s1. The number of pyridine rings is 1. The number of aliphatic hydroxyl groups is 1. The first-order valence-electron chi connectivity index (χ1n) is 6.92. The minimum Gasteiger partial charge on any atom is -0.396 e. The highest BCUT2D eigenvalue weighted by Gasteiger charge is 2.06. The minimum absolute atomic E-state index is 0.224. The third-order valence-electron chi connectivity index (χ3n) is 3.50. The van der Waals surface area contributed by atoms with Crippen LogP contribution in [0.2, 0.25) is 0 Å². The van der Waals surface area contributed by atoms with Crippen LogP contribution in [0.5, 0.6) is 0 Å². The first-order valence-corrected chi connectivity index (χ1v) is 6.92. The van der Waals surface area contributed by atoms with Gasteiger partial charge in [-0.1, -0.05) is 13.3 Å². The summed E-state index contributed by atoms with van der Waals surface area (Å²) in [6, 6.07) is 11.5. The van der Waals surface area contributed by atoms with E-state index in [0.29, 0.717) is 11.5 Å². The van der Waals surface area contributed by atoms with Crippen LogP contribution in [0, 0.1) is 17.2 Å². The fraction of sp³-hybridized carbons (Fsp3) is 0.375. The lowest BCUT2D eigenvalue weighted by Crippen LogP contribution is -2.15. The number of fused-ring (bicyclic) bond motifs is 1. The fourth-order valence-corrected chi connectivity index (χ4v) is 2.18. The Bertz CT molecular complexity index is 619. The van der Waals surface area contributed by atoms with Crippen molar-refractivity contribution in [2.45, 2.75) is 19.8 Å². The molecule has 2 aromatic rings. The molecule has 0 radical (unpaired) electrons. The van der Waals surface area contributed by atoms with Crippen LogP contribution in [0.1, 0.15) is 25.3 Å². The molecule has 0 aliphatic heterocycles. The number of nitrogens with zero attached hydrogens (tertiary/aromatic N) is 2. The van der Waals surface area contributed by atoms with Crippen LogP contribution in [0.15, 0.2) is 30.3 Å². The van der Waals surface area contributed by atoms with Crippen molar-refractivity contribution in [1.29, 1.82) is 5.26 Å². The molecule has 0 aliphatic rings. The zero-order valence-corrected chi connectivity index (χ0v) is 11.6. The van der Waals surface area contributed by atoms with Gasteiger partial charge in [0.2, 0.25) is 0 Å². The number of hydrogen-bond donors (Lipinski definition) is 2. The predicted octanol–water partition coefficient (Wildman–Crippen LogP) is 2.93. The lowest BCUT2D eigenvalue weighted by atomic mass is 10.0. The van der Waals surface area contributed by atoms with Crippen molar-refractivity contribution in [3.63, 3.8) is 0 Å². The molecule has 0 aliphatic carbocycles. The summed E-state index contributed by atoms with van der Waals surface area (Å²) >= 11 is 0. The molecule has 0 fully saturated rings. The average Bonchev–Trinajstić information content (AvgIpc) is 2.50. The Kier molecular flexibility index (Phi) is 4.91. The van der Waals surface area contributed by atoms with Crippen LogP contribution in [0.4, 0.5) is 5.82 Å². The number of nitrogens with one attached hydrogen (secondary N) is 1. The first kappa shape index (κ1) is 14.3. The molecule has 0 unspecified atom stereocenters. The smallest absolute Gasteiger partial charge is 0.126 e. The van der Waals surface area contributed by atoms with E-state index < -0.39 is 0 Å². The second kappa shape index (κ2) is 6.88. The maximum Gasteiger partial charge on any atom is 0.126 e. The number of rotatable bonds is 6. The Hall–Kier alpha value is -2.12. The highest BCUT2D eigenvalue weighted by Crippen LogP contribution is 2.17. The Balaban J connectivity index is 2.10. The molecule has 4 heteroatoms. The molecule has 1 aromatic heterocycles. The van der Waals surface area contributed by atoms with E-state index in [9.17, 15) is 0 Å². The van der Waals surface area contributed by atoms with Gasteiger partial charge in [0, 0.05) is 18.5 Å². The highest BCUT2D eigenvalue weighted by molar-refractivity contribution is 5.81. The summed E-state index contributed by atoms with van der Waals surface area (Å²) in [5.74, 6) is 1.29. The molecule has 20 heavy (non-hydrogen) atoms. The molecule has 0 saturated heterocycles. The van der Waals surface area contributed by atoms with Crippen molar-refractivity contribution in [2.24, 2.45) is 5.92 Å². The Morgan fingerprint density at radius 1 is 1.35 bits per heavy atom. The summed E-state index contributed by atoms with van der Waals surface area (Å²) < 4.78 is 0. The highest BCUT2D eigenvalue weighted by atomic mass is 16.3. The first-order chi connectivity index (χ1) is 9.76. The number of aromatic nitrogens is 1. The molecule has 1 atom stereocenters. The van der Waals surface area contributed by atoms with Crippen LogP contribution < -0.4 is 5.32 Å². The molecule has 1 heterocycles. The van der Waals surface area contributed by atoms with Crippen LogP contribution in [-0.2, 0) is 0 Å². The van der Waals surface area contributed by atoms with Crippen LogP contribution in [0.25, 0.3) is 10.9 Å². The largest absolute Gasteiger partial charge is 0.396 e. The van der Waals surface area contributed by atoms with Gasteiger partial charge in [-0.3, -0.25) is 0 Å². The second-order valence-corrected chi connectivity index (χ2v) is 4.88. The maximum atomic E-state index is 8.99. The van der Waals surface area contributed by atoms with Gasteiger partial charge in [-0.05, 0) is 42.7 Å². The van der Waals surface area contributed by atoms with Crippen LogP contribution in [0.3, 0.4) is 0 Å². The van der Waals surface area contributed by atoms with Crippen molar-refractivity contribution >= 4 is 16.7 Å². The van der Waals surface area contributed by atoms with E-state index in [1.807, 2.05) is 24.3 Å². The number of hydrogen-bond acceptors (Lipinski definition) is 4. The van der Waals surface area contributed by atoms with Gasteiger partial charge in [0.25, 0.3) is 0 Å². The lowest BCUT2D eigenvalue weighted by Gasteiger charge is -2.15. The van der Waals surface area contributed by atoms with Crippen LogP contribution in [-0.4, -0.2) is 23.2 Å². The Labute approximate surface area is 119 Å². The molecule has 1 aromatic carbocycles. The monoisotopic (exact) mass is 269 g/mol. The zero-order chi connectivity index (χ0) is 14.4. The quantitative estimate of drug-likeness (QED) is 0.846. The Morgan fingerprint density at radius 2 is 2.20 bits per heavy atom. The summed E-state index contributed by atoms with van der Waals surface area (Å²) in [4.78, 5) is 4.53. The van der Waals surface area contributed by atoms with Crippen molar-refractivity contribution in [1.82, 2.24) is 4.98 Å². The van der Waals surface area contributed by atoms with Gasteiger partial charge in [-0.2, -0.15) is 5.26 Å². The molecule has 4 nitrogen and oxygen atoms in total. The molecule has 0 spiro atoms. The molecule has 2 N–H and O–H groups in total. The van der Waals surface area contributed by atoms with Gasteiger partial charge in [-0.25, -0.2) is 4.98 Å². The fourth-order valence-electron chi connectivity index (χ4n) is 2.18. The minimum atomic E-state index is 0.224. The van der Waals surface area contributed by atoms with Gasteiger partial charge in [0.1, 0.15) is 5.82 Å². The van der Waals surface area contributed by atoms with Gasteiger partial charge >= 0.3 is 0 Å². The topological polar surface area (TPSA) is 68.9 Å².